The van der Waals surface area contributed by atoms with E-state index in [0.717, 1.165) is 0 Å². The van der Waals surface area contributed by atoms with Crippen LogP contribution in [0.3, 0.4) is 0 Å². The Hall–Kier alpha value is -1.59. The van der Waals surface area contributed by atoms with E-state index >= 15 is 0 Å². The molecule has 1 saturated carbocycles. The second kappa shape index (κ2) is 7.26. The van der Waals surface area contributed by atoms with Gasteiger partial charge in [-0.2, -0.15) is 0 Å². The topological polar surface area (TPSA) is 86.7 Å². The van der Waals surface area contributed by atoms with E-state index in [2.05, 4.69) is 5.32 Å². The van der Waals surface area contributed by atoms with Crippen molar-refractivity contribution < 1.29 is 19.5 Å². The molecule has 0 aromatic carbocycles. The lowest BCUT2D eigenvalue weighted by molar-refractivity contribution is -0.141. The van der Waals surface area contributed by atoms with E-state index in [9.17, 15) is 14.4 Å². The molecule has 6 nitrogen and oxygen atoms in total. The Morgan fingerprint density at radius 2 is 1.75 bits per heavy atom. The lowest BCUT2D eigenvalue weighted by Crippen LogP contribution is -2.48. The average Bonchev–Trinajstić information content (AvgIpc) is 2.89. The molecule has 1 fully saturated rings. The number of carbonyl (C=O) groups excluding carboxylic acids is 2. The number of carbonyl (C=O) groups is 3. The maximum atomic E-state index is 12.1. The number of nitrogens with one attached hydrogen (secondary N) is 1. The van der Waals surface area contributed by atoms with Gasteiger partial charge in [0.1, 0.15) is 6.04 Å². The van der Waals surface area contributed by atoms with Gasteiger partial charge in [-0.25, -0.2) is 0 Å². The first-order chi connectivity index (χ1) is 9.40. The van der Waals surface area contributed by atoms with Crippen LogP contribution in [0, 0.1) is 11.8 Å². The van der Waals surface area contributed by atoms with Crippen LogP contribution < -0.4 is 5.32 Å². The molecule has 1 aliphatic carbocycles. The number of carboxylic acids is 1. The molecule has 2 amide bonds. The number of amides is 2. The highest BCUT2D eigenvalue weighted by atomic mass is 16.4. The summed E-state index contributed by atoms with van der Waals surface area (Å²) < 4.78 is 0. The van der Waals surface area contributed by atoms with Gasteiger partial charge in [-0.15, -0.1) is 0 Å². The van der Waals surface area contributed by atoms with E-state index in [4.69, 9.17) is 5.11 Å². The van der Waals surface area contributed by atoms with Gasteiger partial charge in [0.05, 0.1) is 5.92 Å². The molecule has 0 radical (unpaired) electrons. The van der Waals surface area contributed by atoms with E-state index in [1.165, 1.54) is 0 Å². The number of hydrogen-bond acceptors (Lipinski definition) is 3. The van der Waals surface area contributed by atoms with E-state index in [0.29, 0.717) is 32.4 Å². The second-order valence-electron chi connectivity index (χ2n) is 5.29. The van der Waals surface area contributed by atoms with E-state index in [-0.39, 0.29) is 17.7 Å². The maximum Gasteiger partial charge on any atom is 0.306 e. The molecular formula is C14H24N2O4. The zero-order valence-electron chi connectivity index (χ0n) is 12.4. The Kier molecular flexibility index (Phi) is 5.98. The summed E-state index contributed by atoms with van der Waals surface area (Å²) in [5, 5.41) is 11.6. The monoisotopic (exact) mass is 284 g/mol. The third-order valence-electron chi connectivity index (χ3n) is 3.96. The molecule has 3 atom stereocenters. The van der Waals surface area contributed by atoms with Crippen molar-refractivity contribution in [2.75, 3.05) is 13.1 Å². The quantitative estimate of drug-likeness (QED) is 0.757. The largest absolute Gasteiger partial charge is 0.481 e. The summed E-state index contributed by atoms with van der Waals surface area (Å²) in [6.07, 6.45) is 1.48. The van der Waals surface area contributed by atoms with E-state index < -0.39 is 17.9 Å². The fraction of sp³-hybridized carbons (Fsp3) is 0.786. The van der Waals surface area contributed by atoms with Crippen LogP contribution in [-0.4, -0.2) is 46.9 Å². The van der Waals surface area contributed by atoms with Gasteiger partial charge in [-0.1, -0.05) is 0 Å². The van der Waals surface area contributed by atoms with Crippen LogP contribution in [0.25, 0.3) is 0 Å². The molecule has 0 saturated heterocycles. The standard InChI is InChI=1S/C14H24N2O4/c1-4-16(5-2)13(18)9(3)15-12(17)10-6-7-11(8-10)14(19)20/h9-11H,4-8H2,1-3H3,(H,15,17)(H,19,20). The third-order valence-corrected chi connectivity index (χ3v) is 3.96. The molecule has 0 heterocycles. The summed E-state index contributed by atoms with van der Waals surface area (Å²) in [6.45, 7) is 6.68. The van der Waals surface area contributed by atoms with Crippen LogP contribution >= 0.6 is 0 Å². The predicted molar refractivity (Wildman–Crippen MR) is 74.0 cm³/mol. The Morgan fingerprint density at radius 1 is 1.20 bits per heavy atom. The van der Waals surface area contributed by atoms with Gasteiger partial charge in [0.25, 0.3) is 0 Å². The van der Waals surface area contributed by atoms with Gasteiger partial charge in [-0.05, 0) is 40.0 Å². The van der Waals surface area contributed by atoms with Gasteiger partial charge < -0.3 is 15.3 Å². The number of likely N-dealkylation sites (N-methyl/N-ethyl adjacent to an activating group) is 1. The smallest absolute Gasteiger partial charge is 0.306 e. The van der Waals surface area contributed by atoms with Crippen molar-refractivity contribution >= 4 is 17.8 Å². The van der Waals surface area contributed by atoms with Crippen LogP contribution in [0.5, 0.6) is 0 Å². The average molecular weight is 284 g/mol. The summed E-state index contributed by atoms with van der Waals surface area (Å²) >= 11 is 0. The Labute approximate surface area is 119 Å². The van der Waals surface area contributed by atoms with Crippen molar-refractivity contribution in [3.8, 4) is 0 Å². The minimum atomic E-state index is -0.840. The normalized spacial score (nSPS) is 23.1. The number of nitrogens with zero attached hydrogens (tertiary/aromatic N) is 1. The highest BCUT2D eigenvalue weighted by Crippen LogP contribution is 2.31. The predicted octanol–water partition coefficient (Wildman–Crippen LogP) is 0.860. The first kappa shape index (κ1) is 16.5. The number of rotatable bonds is 6. The second-order valence-corrected chi connectivity index (χ2v) is 5.29. The SMILES string of the molecule is CCN(CC)C(=O)C(C)NC(=O)C1CCC(C(=O)O)C1. The molecule has 1 aliphatic rings. The molecule has 0 bridgehead atoms. The van der Waals surface area contributed by atoms with Crippen molar-refractivity contribution in [2.45, 2.75) is 46.1 Å². The number of carboxylic acid groups (broad SMARTS) is 1. The third kappa shape index (κ3) is 3.95. The van der Waals surface area contributed by atoms with Gasteiger partial charge >= 0.3 is 5.97 Å². The van der Waals surface area contributed by atoms with E-state index in [1.54, 1.807) is 11.8 Å². The van der Waals surface area contributed by atoms with Crippen LogP contribution in [0.15, 0.2) is 0 Å². The van der Waals surface area contributed by atoms with Gasteiger partial charge in [0.15, 0.2) is 0 Å². The first-order valence-electron chi connectivity index (χ1n) is 7.22. The zero-order chi connectivity index (χ0) is 15.3. The van der Waals surface area contributed by atoms with Crippen LogP contribution in [0.2, 0.25) is 0 Å². The molecule has 0 aliphatic heterocycles. The Bertz CT molecular complexity index is 379. The van der Waals surface area contributed by atoms with Gasteiger partial charge in [-0.3, -0.25) is 14.4 Å². The summed E-state index contributed by atoms with van der Waals surface area (Å²) in [4.78, 5) is 36.6. The zero-order valence-corrected chi connectivity index (χ0v) is 12.4. The molecule has 2 N–H and O–H groups in total. The molecule has 3 unspecified atom stereocenters. The van der Waals surface area contributed by atoms with Crippen molar-refractivity contribution in [1.82, 2.24) is 10.2 Å². The van der Waals surface area contributed by atoms with Gasteiger partial charge in [0.2, 0.25) is 11.8 Å². The van der Waals surface area contributed by atoms with Crippen molar-refractivity contribution in [2.24, 2.45) is 11.8 Å². The Morgan fingerprint density at radius 3 is 2.20 bits per heavy atom. The molecule has 0 aromatic heterocycles. The minimum Gasteiger partial charge on any atom is -0.481 e. The molecular weight excluding hydrogens is 260 g/mol. The lowest BCUT2D eigenvalue weighted by Gasteiger charge is -2.24. The lowest BCUT2D eigenvalue weighted by atomic mass is 10.0. The highest BCUT2D eigenvalue weighted by Gasteiger charge is 2.34. The van der Waals surface area contributed by atoms with Gasteiger partial charge in [0, 0.05) is 19.0 Å². The summed E-state index contributed by atoms with van der Waals surface area (Å²) in [6, 6.07) is -0.564. The first-order valence-corrected chi connectivity index (χ1v) is 7.22. The van der Waals surface area contributed by atoms with Crippen LogP contribution in [0.1, 0.15) is 40.0 Å². The fourth-order valence-electron chi connectivity index (χ4n) is 2.65. The van der Waals surface area contributed by atoms with Crippen LogP contribution in [0.4, 0.5) is 0 Å². The maximum absolute atomic E-state index is 12.1. The molecule has 1 rings (SSSR count). The highest BCUT2D eigenvalue weighted by molar-refractivity contribution is 5.88. The Balaban J connectivity index is 2.50. The molecule has 6 heteroatoms. The number of hydrogen-bond donors (Lipinski definition) is 2. The molecule has 0 aromatic rings. The molecule has 114 valence electrons. The molecule has 20 heavy (non-hydrogen) atoms. The fourth-order valence-corrected chi connectivity index (χ4v) is 2.65. The summed E-state index contributed by atoms with van der Waals surface area (Å²) in [5.74, 6) is -1.87. The van der Waals surface area contributed by atoms with Crippen molar-refractivity contribution in [3.05, 3.63) is 0 Å². The summed E-state index contributed by atoms with van der Waals surface area (Å²) in [7, 11) is 0. The van der Waals surface area contributed by atoms with Crippen molar-refractivity contribution in [1.29, 1.82) is 0 Å². The number of aliphatic carboxylic acids is 1. The molecule has 0 spiro atoms. The minimum absolute atomic E-state index is 0.101. The summed E-state index contributed by atoms with van der Waals surface area (Å²) in [5.41, 5.74) is 0. The van der Waals surface area contributed by atoms with E-state index in [1.807, 2.05) is 13.8 Å². The van der Waals surface area contributed by atoms with Crippen LogP contribution in [-0.2, 0) is 14.4 Å². The van der Waals surface area contributed by atoms with Crippen molar-refractivity contribution in [3.63, 3.8) is 0 Å².